The van der Waals surface area contributed by atoms with Gasteiger partial charge in [0.15, 0.2) is 0 Å². The lowest BCUT2D eigenvalue weighted by molar-refractivity contribution is -0.138. The molecule has 13 heavy (non-hydrogen) atoms. The van der Waals surface area contributed by atoms with Crippen molar-refractivity contribution in [3.05, 3.63) is 16.1 Å². The van der Waals surface area contributed by atoms with Gasteiger partial charge in [-0.05, 0) is 19.8 Å². The van der Waals surface area contributed by atoms with Crippen LogP contribution in [0.2, 0.25) is 0 Å². The Bertz CT molecular complexity index is 298. The molecule has 1 rings (SSSR count). The highest BCUT2D eigenvalue weighted by Gasteiger charge is 2.12. The third-order valence-electron chi connectivity index (χ3n) is 1.84. The Labute approximate surface area is 80.4 Å². The molecule has 1 atom stereocenters. The Balaban J connectivity index is 2.44. The van der Waals surface area contributed by atoms with Crippen LogP contribution in [0.5, 0.6) is 0 Å². The number of aryl methyl sites for hydroxylation is 2. The molecule has 0 saturated carbocycles. The molecule has 0 saturated heterocycles. The summed E-state index contributed by atoms with van der Waals surface area (Å²) in [5, 5.41) is 8.54. The van der Waals surface area contributed by atoms with Crippen LogP contribution in [0.15, 0.2) is 5.51 Å². The summed E-state index contributed by atoms with van der Waals surface area (Å²) in [7, 11) is 0. The largest absolute Gasteiger partial charge is 0.480 e. The van der Waals surface area contributed by atoms with E-state index in [2.05, 4.69) is 4.98 Å². The number of aromatic nitrogens is 1. The smallest absolute Gasteiger partial charge is 0.320 e. The molecule has 0 amide bonds. The van der Waals surface area contributed by atoms with Crippen LogP contribution >= 0.6 is 11.3 Å². The van der Waals surface area contributed by atoms with E-state index in [0.717, 1.165) is 10.6 Å². The first-order valence-corrected chi connectivity index (χ1v) is 4.86. The van der Waals surface area contributed by atoms with Crippen molar-refractivity contribution in [2.45, 2.75) is 25.8 Å². The molecule has 1 heterocycles. The zero-order chi connectivity index (χ0) is 9.84. The summed E-state index contributed by atoms with van der Waals surface area (Å²) in [5.41, 5.74) is 8.10. The average molecular weight is 200 g/mol. The van der Waals surface area contributed by atoms with E-state index in [-0.39, 0.29) is 0 Å². The molecule has 1 unspecified atom stereocenters. The molecule has 0 aromatic carbocycles. The van der Waals surface area contributed by atoms with E-state index < -0.39 is 12.0 Å². The predicted molar refractivity (Wildman–Crippen MR) is 50.8 cm³/mol. The molecule has 72 valence electrons. The molecular weight excluding hydrogens is 188 g/mol. The number of hydrogen-bond donors (Lipinski definition) is 2. The molecule has 0 aliphatic heterocycles. The quantitative estimate of drug-likeness (QED) is 0.753. The highest BCUT2D eigenvalue weighted by molar-refractivity contribution is 7.09. The predicted octanol–water partition coefficient (Wildman–Crippen LogP) is 0.796. The minimum absolute atomic E-state index is 0.471. The van der Waals surface area contributed by atoms with Crippen molar-refractivity contribution in [3.63, 3.8) is 0 Å². The van der Waals surface area contributed by atoms with Crippen LogP contribution in [0.25, 0.3) is 0 Å². The van der Waals surface area contributed by atoms with Crippen LogP contribution < -0.4 is 5.73 Å². The monoisotopic (exact) mass is 200 g/mol. The number of rotatable bonds is 4. The van der Waals surface area contributed by atoms with Gasteiger partial charge in [-0.1, -0.05) is 0 Å². The van der Waals surface area contributed by atoms with Crippen molar-refractivity contribution >= 4 is 17.3 Å². The van der Waals surface area contributed by atoms with Crippen LogP contribution in [0.1, 0.15) is 17.0 Å². The first-order chi connectivity index (χ1) is 6.11. The zero-order valence-electron chi connectivity index (χ0n) is 7.36. The van der Waals surface area contributed by atoms with Gasteiger partial charge in [0.25, 0.3) is 0 Å². The number of nitrogens with zero attached hydrogens (tertiary/aromatic N) is 1. The Morgan fingerprint density at radius 3 is 3.00 bits per heavy atom. The van der Waals surface area contributed by atoms with Gasteiger partial charge in [0.05, 0.1) is 11.2 Å². The topological polar surface area (TPSA) is 76.2 Å². The number of thiazole rings is 1. The standard InChI is InChI=1S/C8H12N2O2S/c1-5-7(13-4-10-5)3-2-6(9)8(11)12/h4,6H,2-3,9H2,1H3,(H,11,12). The molecule has 5 heteroatoms. The maximum Gasteiger partial charge on any atom is 0.320 e. The summed E-state index contributed by atoms with van der Waals surface area (Å²) in [6, 6.07) is -0.763. The fourth-order valence-corrected chi connectivity index (χ4v) is 1.77. The van der Waals surface area contributed by atoms with Crippen molar-refractivity contribution < 1.29 is 9.90 Å². The number of hydrogen-bond acceptors (Lipinski definition) is 4. The molecule has 0 spiro atoms. The number of carboxylic acids is 1. The fraction of sp³-hybridized carbons (Fsp3) is 0.500. The lowest BCUT2D eigenvalue weighted by Gasteiger charge is -2.04. The van der Waals surface area contributed by atoms with Gasteiger partial charge in [0, 0.05) is 4.88 Å². The van der Waals surface area contributed by atoms with E-state index >= 15 is 0 Å². The number of carboxylic acid groups (broad SMARTS) is 1. The van der Waals surface area contributed by atoms with Gasteiger partial charge in [-0.2, -0.15) is 0 Å². The van der Waals surface area contributed by atoms with Gasteiger partial charge in [0.1, 0.15) is 6.04 Å². The summed E-state index contributed by atoms with van der Waals surface area (Å²) in [4.78, 5) is 15.6. The van der Waals surface area contributed by atoms with Crippen molar-refractivity contribution in [1.82, 2.24) is 4.98 Å². The Morgan fingerprint density at radius 2 is 2.54 bits per heavy atom. The summed E-state index contributed by atoms with van der Waals surface area (Å²) >= 11 is 1.54. The van der Waals surface area contributed by atoms with E-state index in [0.29, 0.717) is 12.8 Å². The molecule has 0 radical (unpaired) electrons. The molecule has 1 aromatic heterocycles. The van der Waals surface area contributed by atoms with Gasteiger partial charge in [-0.15, -0.1) is 11.3 Å². The van der Waals surface area contributed by atoms with E-state index in [9.17, 15) is 4.79 Å². The van der Waals surface area contributed by atoms with Crippen molar-refractivity contribution in [2.75, 3.05) is 0 Å². The first-order valence-electron chi connectivity index (χ1n) is 3.98. The Kier molecular flexibility index (Phi) is 3.39. The SMILES string of the molecule is Cc1ncsc1CCC(N)C(=O)O. The third kappa shape index (κ3) is 2.78. The minimum Gasteiger partial charge on any atom is -0.480 e. The fourth-order valence-electron chi connectivity index (χ4n) is 0.976. The summed E-state index contributed by atoms with van der Waals surface area (Å²) in [5.74, 6) is -0.942. The van der Waals surface area contributed by atoms with Crippen LogP contribution in [0, 0.1) is 6.92 Å². The highest BCUT2D eigenvalue weighted by Crippen LogP contribution is 2.14. The lowest BCUT2D eigenvalue weighted by Crippen LogP contribution is -2.30. The molecule has 0 fully saturated rings. The molecule has 4 nitrogen and oxygen atoms in total. The van der Waals surface area contributed by atoms with E-state index in [1.165, 1.54) is 0 Å². The van der Waals surface area contributed by atoms with Crippen LogP contribution in [0.4, 0.5) is 0 Å². The van der Waals surface area contributed by atoms with Gasteiger partial charge >= 0.3 is 5.97 Å². The highest BCUT2D eigenvalue weighted by atomic mass is 32.1. The zero-order valence-corrected chi connectivity index (χ0v) is 8.17. The van der Waals surface area contributed by atoms with Crippen molar-refractivity contribution in [3.8, 4) is 0 Å². The molecule has 0 aliphatic rings. The number of aliphatic carboxylic acids is 1. The average Bonchev–Trinajstić information content (AvgIpc) is 2.47. The van der Waals surface area contributed by atoms with Crippen LogP contribution in [0.3, 0.4) is 0 Å². The second kappa shape index (κ2) is 4.34. The van der Waals surface area contributed by atoms with Crippen molar-refractivity contribution in [2.24, 2.45) is 5.73 Å². The van der Waals surface area contributed by atoms with E-state index in [4.69, 9.17) is 10.8 Å². The third-order valence-corrected chi connectivity index (χ3v) is 2.84. The molecule has 3 N–H and O–H groups in total. The van der Waals surface area contributed by atoms with Gasteiger partial charge in [0.2, 0.25) is 0 Å². The Morgan fingerprint density at radius 1 is 1.85 bits per heavy atom. The molecule has 1 aromatic rings. The second-order valence-corrected chi connectivity index (χ2v) is 3.78. The van der Waals surface area contributed by atoms with E-state index in [1.807, 2.05) is 6.92 Å². The van der Waals surface area contributed by atoms with Crippen LogP contribution in [-0.2, 0) is 11.2 Å². The normalized spacial score (nSPS) is 12.8. The van der Waals surface area contributed by atoms with Crippen molar-refractivity contribution in [1.29, 1.82) is 0 Å². The lowest BCUT2D eigenvalue weighted by atomic mass is 10.1. The van der Waals surface area contributed by atoms with Gasteiger partial charge < -0.3 is 10.8 Å². The number of nitrogens with two attached hydrogens (primary N) is 1. The molecule has 0 aliphatic carbocycles. The summed E-state index contributed by atoms with van der Waals surface area (Å²) < 4.78 is 0. The summed E-state index contributed by atoms with van der Waals surface area (Å²) in [6.45, 7) is 1.91. The first kappa shape index (κ1) is 10.1. The van der Waals surface area contributed by atoms with E-state index in [1.54, 1.807) is 16.8 Å². The van der Waals surface area contributed by atoms with Gasteiger partial charge in [-0.3, -0.25) is 4.79 Å². The molecular formula is C8H12N2O2S. The maximum absolute atomic E-state index is 10.4. The minimum atomic E-state index is -0.942. The number of carbonyl (C=O) groups is 1. The maximum atomic E-state index is 10.4. The Hall–Kier alpha value is -0.940. The van der Waals surface area contributed by atoms with Gasteiger partial charge in [-0.25, -0.2) is 4.98 Å². The summed E-state index contributed by atoms with van der Waals surface area (Å²) in [6.07, 6.45) is 1.17. The van der Waals surface area contributed by atoms with Crippen LogP contribution in [-0.4, -0.2) is 22.1 Å². The second-order valence-electron chi connectivity index (χ2n) is 2.84. The molecule has 0 bridgehead atoms.